The lowest BCUT2D eigenvalue weighted by Crippen LogP contribution is -2.44. The zero-order chi connectivity index (χ0) is 23.9. The molecule has 5 rings (SSSR count). The maximum absolute atomic E-state index is 9.21. The highest BCUT2D eigenvalue weighted by Crippen LogP contribution is 2.50. The third-order valence-electron chi connectivity index (χ3n) is 6.94. The van der Waals surface area contributed by atoms with Crippen LogP contribution in [0.3, 0.4) is 0 Å². The van der Waals surface area contributed by atoms with Gasteiger partial charge in [0.1, 0.15) is 17.7 Å². The van der Waals surface area contributed by atoms with E-state index < -0.39 is 0 Å². The number of hydrogen-bond donors (Lipinski definition) is 1. The number of piperidine rings is 1. The molecule has 0 amide bonds. The number of rotatable bonds is 4. The third kappa shape index (κ3) is 4.09. The lowest BCUT2D eigenvalue weighted by molar-refractivity contribution is 0.186. The van der Waals surface area contributed by atoms with E-state index in [0.29, 0.717) is 10.6 Å². The molecule has 0 radical (unpaired) electrons. The van der Waals surface area contributed by atoms with E-state index in [2.05, 4.69) is 33.1 Å². The van der Waals surface area contributed by atoms with Crippen molar-refractivity contribution in [3.63, 3.8) is 0 Å². The van der Waals surface area contributed by atoms with Crippen LogP contribution in [0.25, 0.3) is 0 Å². The normalized spacial score (nSPS) is 18.6. The number of nitriles is 1. The largest absolute Gasteiger partial charge is 0.361 e. The van der Waals surface area contributed by atoms with Gasteiger partial charge in [-0.25, -0.2) is 9.97 Å². The molecule has 1 atom stereocenters. The van der Waals surface area contributed by atoms with Crippen LogP contribution < -0.4 is 15.5 Å². The van der Waals surface area contributed by atoms with Crippen molar-refractivity contribution in [3.05, 3.63) is 64.7 Å². The van der Waals surface area contributed by atoms with Crippen molar-refractivity contribution in [2.75, 3.05) is 37.0 Å². The van der Waals surface area contributed by atoms with E-state index >= 15 is 0 Å². The Morgan fingerprint density at radius 2 is 1.97 bits per heavy atom. The van der Waals surface area contributed by atoms with Crippen molar-refractivity contribution in [1.82, 2.24) is 15.0 Å². The first-order valence-corrected chi connectivity index (χ1v) is 12.4. The van der Waals surface area contributed by atoms with E-state index in [0.717, 1.165) is 65.0 Å². The molecule has 0 aromatic carbocycles. The van der Waals surface area contributed by atoms with E-state index in [-0.39, 0.29) is 11.5 Å². The Morgan fingerprint density at radius 1 is 1.18 bits per heavy atom. The van der Waals surface area contributed by atoms with Gasteiger partial charge in [0, 0.05) is 67.3 Å². The van der Waals surface area contributed by atoms with Gasteiger partial charge in [-0.3, -0.25) is 4.98 Å². The van der Waals surface area contributed by atoms with Gasteiger partial charge >= 0.3 is 0 Å². The average molecular weight is 492 g/mol. The van der Waals surface area contributed by atoms with Crippen LogP contribution in [0.1, 0.15) is 35.7 Å². The second-order valence-corrected chi connectivity index (χ2v) is 10.7. The quantitative estimate of drug-likeness (QED) is 0.571. The van der Waals surface area contributed by atoms with Gasteiger partial charge in [-0.1, -0.05) is 23.4 Å². The summed E-state index contributed by atoms with van der Waals surface area (Å²) in [5.41, 5.74) is 9.37. The van der Waals surface area contributed by atoms with Gasteiger partial charge in [0.15, 0.2) is 0 Å². The van der Waals surface area contributed by atoms with Gasteiger partial charge in [0.05, 0.1) is 10.6 Å². The first-order valence-electron chi connectivity index (χ1n) is 11.3. The molecule has 3 aromatic rings. The summed E-state index contributed by atoms with van der Waals surface area (Å²) in [4.78, 5) is 19.8. The molecule has 1 aliphatic carbocycles. The fourth-order valence-corrected chi connectivity index (χ4v) is 6.19. The summed E-state index contributed by atoms with van der Waals surface area (Å²) in [7, 11) is 3.86. The predicted molar refractivity (Wildman–Crippen MR) is 135 cm³/mol. The minimum atomic E-state index is -0.0747. The third-order valence-corrected chi connectivity index (χ3v) is 8.46. The number of nitrogens with two attached hydrogens (primary N) is 1. The van der Waals surface area contributed by atoms with E-state index in [1.807, 2.05) is 37.3 Å². The Kier molecular flexibility index (Phi) is 6.11. The molecule has 1 spiro atoms. The summed E-state index contributed by atoms with van der Waals surface area (Å²) in [6.45, 7) is 1.79. The monoisotopic (exact) mass is 491 g/mol. The van der Waals surface area contributed by atoms with Crippen molar-refractivity contribution in [1.29, 1.82) is 5.26 Å². The number of pyridine rings is 3. The van der Waals surface area contributed by atoms with Crippen LogP contribution in [0.15, 0.2) is 52.6 Å². The molecule has 4 heterocycles. The molecule has 34 heavy (non-hydrogen) atoms. The van der Waals surface area contributed by atoms with Crippen LogP contribution in [0.2, 0.25) is 5.02 Å². The highest BCUT2D eigenvalue weighted by Gasteiger charge is 2.46. The highest BCUT2D eigenvalue weighted by molar-refractivity contribution is 7.99. The number of aromatic nitrogens is 3. The molecule has 7 nitrogen and oxygen atoms in total. The standard InChI is InChI=1S/C25H26ClN7S/c1-32(2)24-22(26)20(5-8-29-24)34-17-3-4-21(31-15-17)33-9-6-25(7-10-33)12-19-18(23(25)28)11-16(13-27)14-30-19/h3-5,8,11,14-15,23H,6-7,9-10,12,28H2,1-2H3/t23-/m1/s1. The van der Waals surface area contributed by atoms with Gasteiger partial charge in [-0.2, -0.15) is 5.26 Å². The smallest absolute Gasteiger partial charge is 0.147 e. The second-order valence-electron chi connectivity index (χ2n) is 9.17. The molecular weight excluding hydrogens is 466 g/mol. The summed E-state index contributed by atoms with van der Waals surface area (Å²) < 4.78 is 0. The van der Waals surface area contributed by atoms with E-state index in [4.69, 9.17) is 22.3 Å². The molecule has 0 saturated carbocycles. The molecule has 1 fully saturated rings. The first kappa shape index (κ1) is 22.9. The van der Waals surface area contributed by atoms with Crippen LogP contribution in [-0.2, 0) is 6.42 Å². The Morgan fingerprint density at radius 3 is 2.65 bits per heavy atom. The van der Waals surface area contributed by atoms with Crippen LogP contribution >= 0.6 is 23.4 Å². The fourth-order valence-electron chi connectivity index (χ4n) is 4.98. The Balaban J connectivity index is 1.25. The lowest BCUT2D eigenvalue weighted by atomic mass is 9.73. The molecule has 0 bridgehead atoms. The van der Waals surface area contributed by atoms with E-state index in [1.165, 1.54) is 0 Å². The van der Waals surface area contributed by atoms with Gasteiger partial charge in [-0.15, -0.1) is 0 Å². The van der Waals surface area contributed by atoms with E-state index in [1.54, 1.807) is 24.2 Å². The zero-order valence-electron chi connectivity index (χ0n) is 19.2. The molecular formula is C25H26ClN7S. The number of halogens is 1. The zero-order valence-corrected chi connectivity index (χ0v) is 20.8. The summed E-state index contributed by atoms with van der Waals surface area (Å²) in [6.07, 6.45) is 8.17. The van der Waals surface area contributed by atoms with Crippen molar-refractivity contribution in [3.8, 4) is 6.07 Å². The van der Waals surface area contributed by atoms with Crippen LogP contribution in [-0.4, -0.2) is 42.1 Å². The fraction of sp³-hybridized carbons (Fsp3) is 0.360. The lowest BCUT2D eigenvalue weighted by Gasteiger charge is -2.42. The summed E-state index contributed by atoms with van der Waals surface area (Å²) in [6, 6.07) is 10.1. The second kappa shape index (κ2) is 9.06. The van der Waals surface area contributed by atoms with Crippen molar-refractivity contribution in [2.45, 2.75) is 35.1 Å². The Bertz CT molecular complexity index is 1250. The van der Waals surface area contributed by atoms with E-state index in [9.17, 15) is 5.26 Å². The number of anilines is 2. The number of nitrogens with zero attached hydrogens (tertiary/aromatic N) is 6. The van der Waals surface area contributed by atoms with Crippen molar-refractivity contribution in [2.24, 2.45) is 11.1 Å². The van der Waals surface area contributed by atoms with Crippen LogP contribution in [0.4, 0.5) is 11.6 Å². The predicted octanol–water partition coefficient (Wildman–Crippen LogP) is 4.46. The summed E-state index contributed by atoms with van der Waals surface area (Å²) >= 11 is 8.13. The highest BCUT2D eigenvalue weighted by atomic mass is 35.5. The Hall–Kier alpha value is -2.86. The molecule has 2 N–H and O–H groups in total. The molecule has 2 aliphatic rings. The minimum Gasteiger partial charge on any atom is -0.361 e. The SMILES string of the molecule is CN(C)c1nccc(Sc2ccc(N3CCC4(CC3)Cc3ncc(C#N)cc3[C@H]4N)nc2)c1Cl. The number of fused-ring (bicyclic) bond motifs is 1. The van der Waals surface area contributed by atoms with Crippen molar-refractivity contribution < 1.29 is 0 Å². The number of hydrogen-bond acceptors (Lipinski definition) is 8. The maximum Gasteiger partial charge on any atom is 0.147 e. The van der Waals surface area contributed by atoms with Gasteiger partial charge < -0.3 is 15.5 Å². The maximum atomic E-state index is 9.21. The van der Waals surface area contributed by atoms with Gasteiger partial charge in [0.25, 0.3) is 0 Å². The molecule has 1 aliphatic heterocycles. The average Bonchev–Trinajstić information content (AvgIpc) is 3.11. The molecule has 0 unspecified atom stereocenters. The van der Waals surface area contributed by atoms with Crippen LogP contribution in [0.5, 0.6) is 0 Å². The van der Waals surface area contributed by atoms with Crippen molar-refractivity contribution >= 4 is 35.0 Å². The summed E-state index contributed by atoms with van der Waals surface area (Å²) in [5, 5.41) is 9.86. The minimum absolute atomic E-state index is 0.0118. The molecule has 9 heteroatoms. The molecule has 1 saturated heterocycles. The van der Waals surface area contributed by atoms with Crippen LogP contribution in [0, 0.1) is 16.7 Å². The topological polar surface area (TPSA) is 95.0 Å². The summed E-state index contributed by atoms with van der Waals surface area (Å²) in [5.74, 6) is 1.73. The Labute approximate surface area is 209 Å². The van der Waals surface area contributed by atoms with Gasteiger partial charge in [0.2, 0.25) is 0 Å². The molecule has 174 valence electrons. The molecule has 3 aromatic heterocycles. The first-order chi connectivity index (χ1) is 16.4. The van der Waals surface area contributed by atoms with Gasteiger partial charge in [-0.05, 0) is 54.5 Å².